The van der Waals surface area contributed by atoms with Gasteiger partial charge >= 0.3 is 0 Å². The summed E-state index contributed by atoms with van der Waals surface area (Å²) in [7, 11) is 0. The van der Waals surface area contributed by atoms with Crippen molar-refractivity contribution in [1.82, 2.24) is 0 Å². The van der Waals surface area contributed by atoms with E-state index in [2.05, 4.69) is 6.07 Å². The van der Waals surface area contributed by atoms with Crippen molar-refractivity contribution < 1.29 is 9.47 Å². The van der Waals surface area contributed by atoms with Crippen LogP contribution in [-0.2, 0) is 4.74 Å². The van der Waals surface area contributed by atoms with Crippen LogP contribution in [0.25, 0.3) is 0 Å². The molecule has 1 atom stereocenters. The second-order valence-corrected chi connectivity index (χ2v) is 5.59. The third kappa shape index (κ3) is 2.59. The van der Waals surface area contributed by atoms with Crippen molar-refractivity contribution >= 4 is 0 Å². The van der Waals surface area contributed by atoms with Crippen LogP contribution in [-0.4, -0.2) is 18.3 Å². The van der Waals surface area contributed by atoms with E-state index in [9.17, 15) is 0 Å². The van der Waals surface area contributed by atoms with Crippen LogP contribution in [0.4, 0.5) is 0 Å². The Morgan fingerprint density at radius 2 is 2.05 bits per heavy atom. The second-order valence-electron chi connectivity index (χ2n) is 5.59. The fourth-order valence-electron chi connectivity index (χ4n) is 3.27. The van der Waals surface area contributed by atoms with Crippen LogP contribution in [0.2, 0.25) is 0 Å². The first-order valence-electron chi connectivity index (χ1n) is 7.11. The molecule has 3 heteroatoms. The summed E-state index contributed by atoms with van der Waals surface area (Å²) in [5.74, 6) is 0.668. The van der Waals surface area contributed by atoms with Gasteiger partial charge in [-0.2, -0.15) is 5.26 Å². The van der Waals surface area contributed by atoms with E-state index in [1.807, 2.05) is 18.2 Å². The molecule has 1 aliphatic carbocycles. The lowest BCUT2D eigenvalue weighted by Gasteiger charge is -2.23. The molecule has 1 aliphatic heterocycles. The third-order valence-electron chi connectivity index (χ3n) is 4.29. The van der Waals surface area contributed by atoms with E-state index in [1.54, 1.807) is 6.07 Å². The Labute approximate surface area is 114 Å². The van der Waals surface area contributed by atoms with E-state index in [0.717, 1.165) is 6.42 Å². The molecule has 2 fully saturated rings. The van der Waals surface area contributed by atoms with Gasteiger partial charge in [0, 0.05) is 0 Å². The van der Waals surface area contributed by atoms with Crippen molar-refractivity contribution in [3.05, 3.63) is 29.8 Å². The zero-order valence-electron chi connectivity index (χ0n) is 11.1. The Balaban J connectivity index is 1.57. The molecular weight excluding hydrogens is 238 g/mol. The summed E-state index contributed by atoms with van der Waals surface area (Å²) in [6.07, 6.45) is 7.44. The van der Waals surface area contributed by atoms with Gasteiger partial charge in [-0.15, -0.1) is 0 Å². The summed E-state index contributed by atoms with van der Waals surface area (Å²) in [6.45, 7) is 0.556. The SMILES string of the molecule is N#Cc1ccccc1OCC1CCC2(CCCC2)O1. The van der Waals surface area contributed by atoms with Crippen molar-refractivity contribution in [2.75, 3.05) is 6.61 Å². The number of benzene rings is 1. The number of nitrogens with zero attached hydrogens (tertiary/aromatic N) is 1. The van der Waals surface area contributed by atoms with Gasteiger partial charge in [-0.3, -0.25) is 0 Å². The first-order valence-corrected chi connectivity index (χ1v) is 7.11. The van der Waals surface area contributed by atoms with Crippen LogP contribution in [0.1, 0.15) is 44.1 Å². The largest absolute Gasteiger partial charge is 0.489 e. The molecule has 1 aromatic rings. The highest BCUT2D eigenvalue weighted by Crippen LogP contribution is 2.43. The van der Waals surface area contributed by atoms with Gasteiger partial charge in [-0.1, -0.05) is 25.0 Å². The minimum absolute atomic E-state index is 0.156. The second kappa shape index (κ2) is 5.22. The molecule has 0 amide bonds. The molecule has 1 saturated carbocycles. The highest BCUT2D eigenvalue weighted by molar-refractivity contribution is 5.42. The average molecular weight is 257 g/mol. The molecule has 1 aromatic carbocycles. The Bertz CT molecular complexity index is 486. The monoisotopic (exact) mass is 257 g/mol. The minimum Gasteiger partial charge on any atom is -0.489 e. The fourth-order valence-corrected chi connectivity index (χ4v) is 3.27. The van der Waals surface area contributed by atoms with Crippen LogP contribution >= 0.6 is 0 Å². The van der Waals surface area contributed by atoms with E-state index in [1.165, 1.54) is 32.1 Å². The zero-order chi connectivity index (χ0) is 13.1. The van der Waals surface area contributed by atoms with Gasteiger partial charge in [0.25, 0.3) is 0 Å². The van der Waals surface area contributed by atoms with Crippen LogP contribution in [0.5, 0.6) is 5.75 Å². The lowest BCUT2D eigenvalue weighted by molar-refractivity contribution is -0.0509. The molecule has 19 heavy (non-hydrogen) atoms. The van der Waals surface area contributed by atoms with Gasteiger partial charge in [-0.25, -0.2) is 0 Å². The van der Waals surface area contributed by atoms with E-state index >= 15 is 0 Å². The summed E-state index contributed by atoms with van der Waals surface area (Å²) in [6, 6.07) is 9.53. The van der Waals surface area contributed by atoms with Crippen LogP contribution < -0.4 is 4.74 Å². The molecule has 1 heterocycles. The Kier molecular flexibility index (Phi) is 3.44. The summed E-state index contributed by atoms with van der Waals surface area (Å²) in [5.41, 5.74) is 0.749. The number of ether oxygens (including phenoxy) is 2. The quantitative estimate of drug-likeness (QED) is 0.833. The van der Waals surface area contributed by atoms with Gasteiger partial charge in [0.15, 0.2) is 0 Å². The van der Waals surface area contributed by atoms with Crippen molar-refractivity contribution in [1.29, 1.82) is 5.26 Å². The maximum atomic E-state index is 9.02. The van der Waals surface area contributed by atoms with E-state index in [4.69, 9.17) is 14.7 Å². The summed E-state index contributed by atoms with van der Waals surface area (Å²) in [5, 5.41) is 9.02. The average Bonchev–Trinajstić information content (AvgIpc) is 3.07. The van der Waals surface area contributed by atoms with Crippen molar-refractivity contribution in [3.63, 3.8) is 0 Å². The molecule has 3 nitrogen and oxygen atoms in total. The standard InChI is InChI=1S/C16H19NO2/c17-11-13-5-1-2-6-15(13)18-12-14-7-10-16(19-14)8-3-4-9-16/h1-2,5-6,14H,3-4,7-10,12H2. The summed E-state index contributed by atoms with van der Waals surface area (Å²) < 4.78 is 12.0. The van der Waals surface area contributed by atoms with Crippen LogP contribution in [0.3, 0.4) is 0 Å². The lowest BCUT2D eigenvalue weighted by Crippen LogP contribution is -2.27. The molecular formula is C16H19NO2. The molecule has 0 bridgehead atoms. The van der Waals surface area contributed by atoms with E-state index in [0.29, 0.717) is 17.9 Å². The number of hydrogen-bond acceptors (Lipinski definition) is 3. The minimum atomic E-state index is 0.156. The van der Waals surface area contributed by atoms with Crippen LogP contribution in [0.15, 0.2) is 24.3 Å². The Hall–Kier alpha value is -1.53. The molecule has 1 spiro atoms. The third-order valence-corrected chi connectivity index (χ3v) is 4.29. The first kappa shape index (κ1) is 12.5. The molecule has 0 N–H and O–H groups in total. The molecule has 0 radical (unpaired) electrons. The van der Waals surface area contributed by atoms with Gasteiger partial charge in [0.2, 0.25) is 0 Å². The zero-order valence-corrected chi connectivity index (χ0v) is 11.1. The predicted octanol–water partition coefficient (Wildman–Crippen LogP) is 3.43. The van der Waals surface area contributed by atoms with Crippen molar-refractivity contribution in [2.45, 2.75) is 50.2 Å². The smallest absolute Gasteiger partial charge is 0.137 e. The van der Waals surface area contributed by atoms with Gasteiger partial charge in [-0.05, 0) is 37.8 Å². The highest BCUT2D eigenvalue weighted by Gasteiger charge is 2.42. The van der Waals surface area contributed by atoms with Crippen molar-refractivity contribution in [3.8, 4) is 11.8 Å². The highest BCUT2D eigenvalue weighted by atomic mass is 16.6. The topological polar surface area (TPSA) is 42.2 Å². The number of nitriles is 1. The normalized spacial score (nSPS) is 24.5. The molecule has 0 aromatic heterocycles. The first-order chi connectivity index (χ1) is 9.31. The van der Waals surface area contributed by atoms with Crippen LogP contribution in [0, 0.1) is 11.3 Å². The molecule has 2 aliphatic rings. The van der Waals surface area contributed by atoms with E-state index < -0.39 is 0 Å². The maximum Gasteiger partial charge on any atom is 0.137 e. The summed E-state index contributed by atoms with van der Waals surface area (Å²) in [4.78, 5) is 0. The molecule has 1 unspecified atom stereocenters. The number of rotatable bonds is 3. The van der Waals surface area contributed by atoms with E-state index in [-0.39, 0.29) is 11.7 Å². The summed E-state index contributed by atoms with van der Waals surface area (Å²) >= 11 is 0. The van der Waals surface area contributed by atoms with Gasteiger partial charge < -0.3 is 9.47 Å². The Morgan fingerprint density at radius 1 is 1.26 bits per heavy atom. The van der Waals surface area contributed by atoms with Gasteiger partial charge in [0.05, 0.1) is 17.3 Å². The lowest BCUT2D eigenvalue weighted by atomic mass is 9.98. The predicted molar refractivity (Wildman–Crippen MR) is 72.0 cm³/mol. The van der Waals surface area contributed by atoms with Crippen molar-refractivity contribution in [2.24, 2.45) is 0 Å². The number of para-hydroxylation sites is 1. The Morgan fingerprint density at radius 3 is 2.84 bits per heavy atom. The molecule has 1 saturated heterocycles. The molecule has 3 rings (SSSR count). The maximum absolute atomic E-state index is 9.02. The number of hydrogen-bond donors (Lipinski definition) is 0. The molecule has 100 valence electrons. The van der Waals surface area contributed by atoms with Gasteiger partial charge in [0.1, 0.15) is 18.4 Å². The fraction of sp³-hybridized carbons (Fsp3) is 0.562.